The molecule has 1 saturated heterocycles. The Kier molecular flexibility index (Phi) is 6.19. The summed E-state index contributed by atoms with van der Waals surface area (Å²) < 4.78 is 28.2. The van der Waals surface area contributed by atoms with Crippen LogP contribution in [0.3, 0.4) is 0 Å². The molecule has 4 heterocycles. The number of benzene rings is 1. The van der Waals surface area contributed by atoms with Crippen LogP contribution in [-0.4, -0.2) is 63.7 Å². The van der Waals surface area contributed by atoms with Crippen LogP contribution in [-0.2, 0) is 20.0 Å². The number of carbonyl (C=O) groups excluding carboxylic acids is 1. The van der Waals surface area contributed by atoms with E-state index in [9.17, 15) is 13.6 Å². The molecule has 0 radical (unpaired) electrons. The molecule has 1 aliphatic carbocycles. The van der Waals surface area contributed by atoms with E-state index < -0.39 is 5.92 Å². The first kappa shape index (κ1) is 23.8. The van der Waals surface area contributed by atoms with Gasteiger partial charge in [-0.05, 0) is 63.1 Å². The Bertz CT molecular complexity index is 1260. The van der Waals surface area contributed by atoms with Gasteiger partial charge in [0, 0.05) is 42.6 Å². The minimum Gasteiger partial charge on any atom is -0.349 e. The van der Waals surface area contributed by atoms with Crippen molar-refractivity contribution in [2.24, 2.45) is 13.0 Å². The van der Waals surface area contributed by atoms with Crippen molar-refractivity contribution in [2.75, 3.05) is 31.1 Å². The molecule has 7 nitrogen and oxygen atoms in total. The third kappa shape index (κ3) is 4.85. The SMILES string of the molecule is Cn1cc2c(C(=O)NC3CCC(CCN4CCc5sc(N6CC(F)(F)C6)nc5C4)CC3)cccc2n1. The molecule has 6 rings (SSSR count). The Labute approximate surface area is 213 Å². The van der Waals surface area contributed by atoms with E-state index in [1.165, 1.54) is 4.88 Å². The zero-order valence-corrected chi connectivity index (χ0v) is 21.4. The maximum Gasteiger partial charge on any atom is 0.282 e. The fourth-order valence-electron chi connectivity index (χ4n) is 5.80. The first-order valence-electron chi connectivity index (χ1n) is 12.9. The molecular formula is C26H32F2N6OS. The number of aryl methyl sites for hydroxylation is 1. The van der Waals surface area contributed by atoms with E-state index in [0.717, 1.165) is 79.9 Å². The third-order valence-electron chi connectivity index (χ3n) is 7.86. The van der Waals surface area contributed by atoms with Crippen LogP contribution in [0.25, 0.3) is 10.9 Å². The average molecular weight is 515 g/mol. The van der Waals surface area contributed by atoms with E-state index in [1.807, 2.05) is 31.4 Å². The number of thiazole rings is 1. The fraction of sp³-hybridized carbons (Fsp3) is 0.577. The maximum absolute atomic E-state index is 13.2. The summed E-state index contributed by atoms with van der Waals surface area (Å²) >= 11 is 1.59. The van der Waals surface area contributed by atoms with Crippen molar-refractivity contribution >= 4 is 33.3 Å². The molecular weight excluding hydrogens is 482 g/mol. The molecule has 0 spiro atoms. The quantitative estimate of drug-likeness (QED) is 0.534. The van der Waals surface area contributed by atoms with Gasteiger partial charge in [0.2, 0.25) is 0 Å². The summed E-state index contributed by atoms with van der Waals surface area (Å²) in [4.78, 5) is 23.1. The van der Waals surface area contributed by atoms with Gasteiger partial charge >= 0.3 is 0 Å². The van der Waals surface area contributed by atoms with Gasteiger partial charge in [-0.25, -0.2) is 13.8 Å². The first-order chi connectivity index (χ1) is 17.3. The van der Waals surface area contributed by atoms with Crippen LogP contribution in [0.2, 0.25) is 0 Å². The van der Waals surface area contributed by atoms with Gasteiger partial charge in [-0.1, -0.05) is 6.07 Å². The molecule has 3 aliphatic rings. The Morgan fingerprint density at radius 3 is 2.81 bits per heavy atom. The number of nitrogens with zero attached hydrogens (tertiary/aromatic N) is 5. The summed E-state index contributed by atoms with van der Waals surface area (Å²) in [6.45, 7) is 2.47. The van der Waals surface area contributed by atoms with Gasteiger partial charge < -0.3 is 10.2 Å². The average Bonchev–Trinajstić information content (AvgIpc) is 3.43. The number of hydrogen-bond donors (Lipinski definition) is 1. The van der Waals surface area contributed by atoms with E-state index in [0.29, 0.717) is 11.5 Å². The summed E-state index contributed by atoms with van der Waals surface area (Å²) in [5.74, 6) is -1.89. The number of amides is 1. The zero-order valence-electron chi connectivity index (χ0n) is 20.6. The molecule has 10 heteroatoms. The molecule has 3 aromatic rings. The number of alkyl halides is 2. The summed E-state index contributed by atoms with van der Waals surface area (Å²) in [6.07, 6.45) is 8.30. The molecule has 0 unspecified atom stereocenters. The molecule has 1 amide bonds. The zero-order chi connectivity index (χ0) is 24.9. The van der Waals surface area contributed by atoms with Crippen LogP contribution in [0, 0.1) is 5.92 Å². The van der Waals surface area contributed by atoms with Gasteiger partial charge in [0.1, 0.15) is 0 Å². The van der Waals surface area contributed by atoms with E-state index in [2.05, 4.69) is 15.3 Å². The molecule has 0 bridgehead atoms. The van der Waals surface area contributed by atoms with Crippen LogP contribution < -0.4 is 10.2 Å². The minimum atomic E-state index is -2.56. The van der Waals surface area contributed by atoms with Gasteiger partial charge in [-0.3, -0.25) is 14.4 Å². The standard InChI is InChI=1S/C26H32F2N6OS/c1-32-13-20-19(3-2-4-21(20)31-32)24(35)29-18-7-5-17(6-8-18)9-11-33-12-10-23-22(14-33)30-25(36-23)34-15-26(27,28)16-34/h2-4,13,17-18H,5-12,14-16H2,1H3,(H,29,35). The lowest BCUT2D eigenvalue weighted by atomic mass is 9.84. The highest BCUT2D eigenvalue weighted by Gasteiger charge is 2.45. The predicted octanol–water partition coefficient (Wildman–Crippen LogP) is 4.22. The van der Waals surface area contributed by atoms with Crippen molar-refractivity contribution in [3.05, 3.63) is 40.5 Å². The number of nitrogens with one attached hydrogen (secondary N) is 1. The second kappa shape index (κ2) is 9.37. The molecule has 1 aromatic carbocycles. The largest absolute Gasteiger partial charge is 0.349 e. The summed E-state index contributed by atoms with van der Waals surface area (Å²) in [5.41, 5.74) is 2.61. The minimum absolute atomic E-state index is 0.00857. The number of rotatable bonds is 6. The fourth-order valence-corrected chi connectivity index (χ4v) is 6.85. The van der Waals surface area contributed by atoms with Crippen LogP contribution in [0.4, 0.5) is 13.9 Å². The van der Waals surface area contributed by atoms with Gasteiger partial charge in [-0.15, -0.1) is 11.3 Å². The van der Waals surface area contributed by atoms with Crippen LogP contribution >= 0.6 is 11.3 Å². The Hall–Kier alpha value is -2.59. The molecule has 192 valence electrons. The van der Waals surface area contributed by atoms with E-state index >= 15 is 0 Å². The van der Waals surface area contributed by atoms with Crippen LogP contribution in [0.15, 0.2) is 24.4 Å². The second-order valence-corrected chi connectivity index (χ2v) is 11.7. The van der Waals surface area contributed by atoms with Gasteiger partial charge in [0.25, 0.3) is 11.8 Å². The van der Waals surface area contributed by atoms with Gasteiger partial charge in [-0.2, -0.15) is 5.10 Å². The maximum atomic E-state index is 13.2. The second-order valence-electron chi connectivity index (χ2n) is 10.6. The topological polar surface area (TPSA) is 66.3 Å². The van der Waals surface area contributed by atoms with E-state index in [-0.39, 0.29) is 25.0 Å². The number of halogens is 2. The lowest BCUT2D eigenvalue weighted by Gasteiger charge is -2.38. The lowest BCUT2D eigenvalue weighted by molar-refractivity contribution is -0.0263. The predicted molar refractivity (Wildman–Crippen MR) is 137 cm³/mol. The molecule has 2 aromatic heterocycles. The van der Waals surface area contributed by atoms with Gasteiger partial charge in [0.15, 0.2) is 5.13 Å². The normalized spacial score (nSPS) is 23.9. The van der Waals surface area contributed by atoms with Crippen LogP contribution in [0.5, 0.6) is 0 Å². The molecule has 2 fully saturated rings. The number of hydrogen-bond acceptors (Lipinski definition) is 6. The molecule has 1 saturated carbocycles. The van der Waals surface area contributed by atoms with E-state index in [1.54, 1.807) is 20.9 Å². The monoisotopic (exact) mass is 514 g/mol. The molecule has 2 aliphatic heterocycles. The number of anilines is 1. The van der Waals surface area contributed by atoms with E-state index in [4.69, 9.17) is 4.98 Å². The van der Waals surface area contributed by atoms with Crippen molar-refractivity contribution < 1.29 is 13.6 Å². The number of fused-ring (bicyclic) bond motifs is 2. The van der Waals surface area contributed by atoms with Crippen molar-refractivity contribution in [3.63, 3.8) is 0 Å². The van der Waals surface area contributed by atoms with Crippen molar-refractivity contribution in [3.8, 4) is 0 Å². The summed E-state index contributed by atoms with van der Waals surface area (Å²) in [5, 5.41) is 9.31. The summed E-state index contributed by atoms with van der Waals surface area (Å²) in [6, 6.07) is 5.92. The molecule has 0 atom stereocenters. The Morgan fingerprint density at radius 1 is 1.22 bits per heavy atom. The third-order valence-corrected chi connectivity index (χ3v) is 9.07. The van der Waals surface area contributed by atoms with Crippen LogP contribution in [0.1, 0.15) is 53.0 Å². The highest BCUT2D eigenvalue weighted by Crippen LogP contribution is 2.37. The number of aromatic nitrogens is 3. The highest BCUT2D eigenvalue weighted by atomic mass is 32.1. The van der Waals surface area contributed by atoms with Gasteiger partial charge in [0.05, 0.1) is 29.9 Å². The van der Waals surface area contributed by atoms with Crippen molar-refractivity contribution in [1.82, 2.24) is 25.0 Å². The number of carbonyl (C=O) groups is 1. The van der Waals surface area contributed by atoms with Crippen molar-refractivity contribution in [2.45, 2.75) is 57.0 Å². The smallest absolute Gasteiger partial charge is 0.282 e. The van der Waals surface area contributed by atoms with Crippen molar-refractivity contribution in [1.29, 1.82) is 0 Å². The first-order valence-corrected chi connectivity index (χ1v) is 13.7. The Morgan fingerprint density at radius 2 is 2.03 bits per heavy atom. The summed E-state index contributed by atoms with van der Waals surface area (Å²) in [7, 11) is 1.87. The Balaban J connectivity index is 0.959. The molecule has 1 N–H and O–H groups in total. The highest BCUT2D eigenvalue weighted by molar-refractivity contribution is 7.15. The lowest BCUT2D eigenvalue weighted by Crippen LogP contribution is -2.56. The molecule has 36 heavy (non-hydrogen) atoms.